The van der Waals surface area contributed by atoms with Crippen molar-refractivity contribution >= 4 is 23.3 Å². The van der Waals surface area contributed by atoms with Gasteiger partial charge in [0.15, 0.2) is 11.5 Å². The summed E-state index contributed by atoms with van der Waals surface area (Å²) in [5, 5.41) is 26.0. The number of nitro groups is 2. The van der Waals surface area contributed by atoms with Crippen LogP contribution < -0.4 is 14.9 Å². The first kappa shape index (κ1) is 23.1. The molecule has 0 aliphatic rings. The van der Waals surface area contributed by atoms with Crippen molar-refractivity contribution < 1.29 is 23.7 Å². The second-order valence-corrected chi connectivity index (χ2v) is 6.64. The summed E-state index contributed by atoms with van der Waals surface area (Å²) < 4.78 is 24.7. The molecular formula is C22H19FN4O6. The lowest BCUT2D eigenvalue weighted by Crippen LogP contribution is -2.01. The number of ether oxygens (including phenoxy) is 2. The summed E-state index contributed by atoms with van der Waals surface area (Å²) in [6, 6.07) is 14.3. The monoisotopic (exact) mass is 454 g/mol. The molecule has 0 bridgehead atoms. The van der Waals surface area contributed by atoms with Crippen molar-refractivity contribution in [1.82, 2.24) is 0 Å². The number of hydrogen-bond acceptors (Lipinski definition) is 8. The van der Waals surface area contributed by atoms with Crippen LogP contribution in [0.25, 0.3) is 0 Å². The van der Waals surface area contributed by atoms with Crippen LogP contribution in [0.3, 0.4) is 0 Å². The molecule has 0 aliphatic carbocycles. The SMILES string of the molecule is CCOc1cc(/C=N/Nc2ccc([N+](=O)[O-])cc2[N+](=O)[O-])ccc1OCc1cccc(F)c1. The number of nitrogens with zero attached hydrogens (tertiary/aromatic N) is 3. The largest absolute Gasteiger partial charge is 0.490 e. The lowest BCUT2D eigenvalue weighted by atomic mass is 10.2. The molecule has 0 amide bonds. The zero-order valence-corrected chi connectivity index (χ0v) is 17.4. The molecule has 11 heteroatoms. The first-order chi connectivity index (χ1) is 15.9. The molecule has 0 spiro atoms. The Hall–Kier alpha value is -4.54. The maximum Gasteiger partial charge on any atom is 0.301 e. The molecule has 0 saturated carbocycles. The molecule has 0 aliphatic heterocycles. The molecular weight excluding hydrogens is 435 g/mol. The van der Waals surface area contributed by atoms with Gasteiger partial charge in [-0.15, -0.1) is 0 Å². The van der Waals surface area contributed by atoms with Crippen molar-refractivity contribution in [1.29, 1.82) is 0 Å². The quantitative estimate of drug-likeness (QED) is 0.257. The van der Waals surface area contributed by atoms with Gasteiger partial charge in [-0.25, -0.2) is 4.39 Å². The predicted molar refractivity (Wildman–Crippen MR) is 119 cm³/mol. The Morgan fingerprint density at radius 3 is 2.52 bits per heavy atom. The lowest BCUT2D eigenvalue weighted by molar-refractivity contribution is -0.393. The minimum atomic E-state index is -0.733. The summed E-state index contributed by atoms with van der Waals surface area (Å²) in [7, 11) is 0. The van der Waals surface area contributed by atoms with E-state index in [1.54, 1.807) is 30.3 Å². The van der Waals surface area contributed by atoms with Crippen molar-refractivity contribution in [3.63, 3.8) is 0 Å². The van der Waals surface area contributed by atoms with Gasteiger partial charge in [0.1, 0.15) is 18.1 Å². The fourth-order valence-electron chi connectivity index (χ4n) is 2.84. The van der Waals surface area contributed by atoms with Gasteiger partial charge < -0.3 is 9.47 Å². The van der Waals surface area contributed by atoms with Gasteiger partial charge in [-0.2, -0.15) is 5.10 Å². The first-order valence-corrected chi connectivity index (χ1v) is 9.73. The van der Waals surface area contributed by atoms with E-state index in [-0.39, 0.29) is 18.1 Å². The second kappa shape index (κ2) is 10.7. The van der Waals surface area contributed by atoms with E-state index in [0.717, 1.165) is 12.1 Å². The molecule has 33 heavy (non-hydrogen) atoms. The number of nitro benzene ring substituents is 2. The van der Waals surface area contributed by atoms with Gasteiger partial charge in [-0.1, -0.05) is 12.1 Å². The van der Waals surface area contributed by atoms with Gasteiger partial charge >= 0.3 is 5.69 Å². The normalized spacial score (nSPS) is 10.7. The van der Waals surface area contributed by atoms with E-state index in [2.05, 4.69) is 10.5 Å². The zero-order chi connectivity index (χ0) is 23.8. The van der Waals surface area contributed by atoms with Crippen molar-refractivity contribution in [2.24, 2.45) is 5.10 Å². The summed E-state index contributed by atoms with van der Waals surface area (Å²) in [6.07, 6.45) is 1.41. The number of halogens is 1. The Morgan fingerprint density at radius 2 is 1.82 bits per heavy atom. The molecule has 3 rings (SSSR count). The fourth-order valence-corrected chi connectivity index (χ4v) is 2.84. The molecule has 0 saturated heterocycles. The van der Waals surface area contributed by atoms with Gasteiger partial charge in [-0.3, -0.25) is 25.7 Å². The van der Waals surface area contributed by atoms with Crippen LogP contribution in [-0.4, -0.2) is 22.7 Å². The summed E-state index contributed by atoms with van der Waals surface area (Å²) in [4.78, 5) is 20.6. The fraction of sp³-hybridized carbons (Fsp3) is 0.136. The molecule has 0 radical (unpaired) electrons. The van der Waals surface area contributed by atoms with Crippen LogP contribution in [0.15, 0.2) is 65.8 Å². The van der Waals surface area contributed by atoms with Gasteiger partial charge in [-0.05, 0) is 54.4 Å². The van der Waals surface area contributed by atoms with Crippen LogP contribution in [0.5, 0.6) is 11.5 Å². The van der Waals surface area contributed by atoms with Crippen LogP contribution in [0.2, 0.25) is 0 Å². The molecule has 3 aromatic rings. The average molecular weight is 454 g/mol. The standard InChI is InChI=1S/C22H19FN4O6/c1-2-32-22-11-15(6-9-21(22)33-14-16-4-3-5-17(23)10-16)13-24-25-19-8-7-18(26(28)29)12-20(19)27(30)31/h3-13,25H,2,14H2,1H3/b24-13+. The third-order valence-corrected chi connectivity index (χ3v) is 4.34. The number of benzene rings is 3. The third kappa shape index (κ3) is 6.23. The van der Waals surface area contributed by atoms with Crippen molar-refractivity contribution in [2.75, 3.05) is 12.0 Å². The molecule has 0 unspecified atom stereocenters. The Balaban J connectivity index is 1.74. The maximum absolute atomic E-state index is 13.3. The predicted octanol–water partition coefficient (Wildman–Crippen LogP) is 5.07. The smallest absolute Gasteiger partial charge is 0.301 e. The molecule has 1 N–H and O–H groups in total. The van der Waals surface area contributed by atoms with E-state index in [4.69, 9.17) is 9.47 Å². The van der Waals surface area contributed by atoms with Gasteiger partial charge in [0.25, 0.3) is 5.69 Å². The van der Waals surface area contributed by atoms with E-state index in [1.807, 2.05) is 6.92 Å². The van der Waals surface area contributed by atoms with E-state index in [9.17, 15) is 24.6 Å². The van der Waals surface area contributed by atoms with E-state index in [0.29, 0.717) is 29.2 Å². The summed E-state index contributed by atoms with van der Waals surface area (Å²) in [6.45, 7) is 2.34. The number of hydrogen-bond donors (Lipinski definition) is 1. The van der Waals surface area contributed by atoms with Crippen LogP contribution in [0.1, 0.15) is 18.1 Å². The Labute approximate surface area is 187 Å². The highest BCUT2D eigenvalue weighted by Gasteiger charge is 2.19. The highest BCUT2D eigenvalue weighted by Crippen LogP contribution is 2.30. The summed E-state index contributed by atoms with van der Waals surface area (Å²) in [5.74, 6) is 0.546. The topological polar surface area (TPSA) is 129 Å². The minimum absolute atomic E-state index is 0.00179. The Kier molecular flexibility index (Phi) is 7.47. The zero-order valence-electron chi connectivity index (χ0n) is 17.4. The molecule has 170 valence electrons. The van der Waals surface area contributed by atoms with E-state index < -0.39 is 21.2 Å². The molecule has 3 aromatic carbocycles. The lowest BCUT2D eigenvalue weighted by Gasteiger charge is -2.12. The Morgan fingerprint density at radius 1 is 1.00 bits per heavy atom. The summed E-state index contributed by atoms with van der Waals surface area (Å²) >= 11 is 0. The highest BCUT2D eigenvalue weighted by atomic mass is 19.1. The van der Waals surface area contributed by atoms with Crippen molar-refractivity contribution in [3.05, 3.63) is 97.8 Å². The molecule has 10 nitrogen and oxygen atoms in total. The van der Waals surface area contributed by atoms with E-state index in [1.165, 1.54) is 24.4 Å². The van der Waals surface area contributed by atoms with Crippen LogP contribution in [-0.2, 0) is 6.61 Å². The number of non-ortho nitro benzene ring substituents is 1. The van der Waals surface area contributed by atoms with Crippen LogP contribution >= 0.6 is 0 Å². The third-order valence-electron chi connectivity index (χ3n) is 4.34. The molecule has 0 aromatic heterocycles. The van der Waals surface area contributed by atoms with Gasteiger partial charge in [0.2, 0.25) is 0 Å². The van der Waals surface area contributed by atoms with Gasteiger partial charge in [0.05, 0.1) is 28.7 Å². The first-order valence-electron chi connectivity index (χ1n) is 9.73. The number of anilines is 1. The van der Waals surface area contributed by atoms with Crippen molar-refractivity contribution in [3.8, 4) is 11.5 Å². The maximum atomic E-state index is 13.3. The minimum Gasteiger partial charge on any atom is -0.490 e. The van der Waals surface area contributed by atoms with Crippen LogP contribution in [0.4, 0.5) is 21.5 Å². The highest BCUT2D eigenvalue weighted by molar-refractivity contribution is 5.82. The number of nitrogens with one attached hydrogen (secondary N) is 1. The molecule has 0 atom stereocenters. The number of rotatable bonds is 10. The van der Waals surface area contributed by atoms with E-state index >= 15 is 0 Å². The van der Waals surface area contributed by atoms with Crippen LogP contribution in [0, 0.1) is 26.0 Å². The van der Waals surface area contributed by atoms with Crippen molar-refractivity contribution in [2.45, 2.75) is 13.5 Å². The summed E-state index contributed by atoms with van der Waals surface area (Å²) in [5.41, 5.74) is 2.92. The molecule has 0 fully saturated rings. The van der Waals surface area contributed by atoms with Gasteiger partial charge in [0, 0.05) is 6.07 Å². The average Bonchev–Trinajstić information content (AvgIpc) is 2.78. The number of hydrazone groups is 1. The Bertz CT molecular complexity index is 1200. The molecule has 0 heterocycles. The second-order valence-electron chi connectivity index (χ2n) is 6.64.